The fourth-order valence-electron chi connectivity index (χ4n) is 2.91. The van der Waals surface area contributed by atoms with Gasteiger partial charge in [-0.3, -0.25) is 4.90 Å². The minimum atomic E-state index is -0.319. The zero-order chi connectivity index (χ0) is 15.8. The molecule has 6 heteroatoms. The summed E-state index contributed by atoms with van der Waals surface area (Å²) in [6.45, 7) is 1.68. The molecular weight excluding hydrogens is 311 g/mol. The van der Waals surface area contributed by atoms with Gasteiger partial charge in [-0.15, -0.1) is 0 Å². The maximum Gasteiger partial charge on any atom is 0.212 e. The number of benzene rings is 2. The topological polar surface area (TPSA) is 33.1 Å². The van der Waals surface area contributed by atoms with Crippen LogP contribution in [0.1, 0.15) is 6.42 Å². The molecule has 0 aliphatic carbocycles. The smallest absolute Gasteiger partial charge is 0.212 e. The van der Waals surface area contributed by atoms with Crippen LogP contribution in [0.25, 0.3) is 11.0 Å². The van der Waals surface area contributed by atoms with E-state index >= 15 is 0 Å². The number of anilines is 2. The number of imidazole rings is 1. The van der Waals surface area contributed by atoms with Gasteiger partial charge < -0.3 is 9.88 Å². The summed E-state index contributed by atoms with van der Waals surface area (Å²) >= 11 is 5.49. The minimum Gasteiger partial charge on any atom is -0.330 e. The van der Waals surface area contributed by atoms with Crippen molar-refractivity contribution >= 4 is 40.0 Å². The lowest BCUT2D eigenvalue weighted by Crippen LogP contribution is -2.40. The van der Waals surface area contributed by atoms with E-state index in [1.807, 2.05) is 23.1 Å². The Morgan fingerprint density at radius 3 is 2.74 bits per heavy atom. The minimum absolute atomic E-state index is 0.319. The van der Waals surface area contributed by atoms with E-state index in [0.29, 0.717) is 10.8 Å². The fraction of sp³-hybridized carbons (Fsp3) is 0.176. The molecule has 116 valence electrons. The summed E-state index contributed by atoms with van der Waals surface area (Å²) < 4.78 is 16.0. The van der Waals surface area contributed by atoms with Crippen molar-refractivity contribution in [1.29, 1.82) is 0 Å². The predicted molar refractivity (Wildman–Crippen MR) is 94.3 cm³/mol. The number of halogens is 1. The summed E-state index contributed by atoms with van der Waals surface area (Å²) in [6, 6.07) is 14.6. The molecule has 2 aromatic carbocycles. The van der Waals surface area contributed by atoms with E-state index in [1.165, 1.54) is 6.07 Å². The van der Waals surface area contributed by atoms with Crippen LogP contribution in [0.4, 0.5) is 16.0 Å². The largest absolute Gasteiger partial charge is 0.330 e. The van der Waals surface area contributed by atoms with Gasteiger partial charge in [-0.05, 0) is 42.9 Å². The normalized spacial score (nSPS) is 13.9. The summed E-state index contributed by atoms with van der Waals surface area (Å²) in [7, 11) is 0. The first-order valence-electron chi connectivity index (χ1n) is 7.52. The second kappa shape index (κ2) is 5.62. The second-order valence-corrected chi connectivity index (χ2v) is 5.85. The average Bonchev–Trinajstić information content (AvgIpc) is 2.95. The first kappa shape index (κ1) is 14.1. The van der Waals surface area contributed by atoms with Gasteiger partial charge in [-0.1, -0.05) is 24.3 Å². The van der Waals surface area contributed by atoms with Crippen LogP contribution in [-0.4, -0.2) is 21.2 Å². The fourth-order valence-corrected chi connectivity index (χ4v) is 3.20. The Kier molecular flexibility index (Phi) is 3.46. The molecule has 4 nitrogen and oxygen atoms in total. The Bertz CT molecular complexity index is 889. The molecular formula is C17H15FN4S. The van der Waals surface area contributed by atoms with Gasteiger partial charge in [-0.2, -0.15) is 0 Å². The van der Waals surface area contributed by atoms with Gasteiger partial charge in [0.15, 0.2) is 5.11 Å². The third kappa shape index (κ3) is 2.45. The van der Waals surface area contributed by atoms with E-state index in [2.05, 4.69) is 20.9 Å². The summed E-state index contributed by atoms with van der Waals surface area (Å²) in [4.78, 5) is 6.62. The van der Waals surface area contributed by atoms with Crippen molar-refractivity contribution in [2.45, 2.75) is 13.0 Å². The SMILES string of the molecule is Fc1ccccc1NC(=S)N1CCCn2c1nc1ccccc12. The molecule has 0 saturated heterocycles. The van der Waals surface area contributed by atoms with E-state index in [-0.39, 0.29) is 5.82 Å². The third-order valence-electron chi connectivity index (χ3n) is 4.00. The number of nitrogens with one attached hydrogen (secondary N) is 1. The van der Waals surface area contributed by atoms with Crippen molar-refractivity contribution in [2.24, 2.45) is 0 Å². The monoisotopic (exact) mass is 326 g/mol. The van der Waals surface area contributed by atoms with Crippen molar-refractivity contribution in [3.63, 3.8) is 0 Å². The van der Waals surface area contributed by atoms with Crippen molar-refractivity contribution in [3.05, 3.63) is 54.3 Å². The molecule has 3 aromatic rings. The van der Waals surface area contributed by atoms with Gasteiger partial charge in [0.05, 0.1) is 16.7 Å². The van der Waals surface area contributed by atoms with Crippen LogP contribution in [0.2, 0.25) is 0 Å². The Balaban J connectivity index is 1.69. The van der Waals surface area contributed by atoms with Gasteiger partial charge in [-0.25, -0.2) is 9.37 Å². The summed E-state index contributed by atoms with van der Waals surface area (Å²) in [5.74, 6) is 0.492. The highest BCUT2D eigenvalue weighted by Crippen LogP contribution is 2.27. The number of nitrogens with zero attached hydrogens (tertiary/aromatic N) is 3. The molecule has 2 heterocycles. The lowest BCUT2D eigenvalue weighted by Gasteiger charge is -2.29. The highest BCUT2D eigenvalue weighted by Gasteiger charge is 2.24. The summed E-state index contributed by atoms with van der Waals surface area (Å²) in [5.41, 5.74) is 2.43. The number of rotatable bonds is 1. The van der Waals surface area contributed by atoms with Gasteiger partial charge >= 0.3 is 0 Å². The van der Waals surface area contributed by atoms with E-state index in [1.54, 1.807) is 18.2 Å². The summed E-state index contributed by atoms with van der Waals surface area (Å²) in [6.07, 6.45) is 0.965. The van der Waals surface area contributed by atoms with Gasteiger partial charge in [0.2, 0.25) is 5.95 Å². The van der Waals surface area contributed by atoms with E-state index in [4.69, 9.17) is 12.2 Å². The van der Waals surface area contributed by atoms with Crippen LogP contribution in [0.3, 0.4) is 0 Å². The second-order valence-electron chi connectivity index (χ2n) is 5.47. The molecule has 1 aliphatic heterocycles. The highest BCUT2D eigenvalue weighted by molar-refractivity contribution is 7.80. The third-order valence-corrected chi connectivity index (χ3v) is 4.32. The Morgan fingerprint density at radius 1 is 1.09 bits per heavy atom. The van der Waals surface area contributed by atoms with Crippen LogP contribution in [-0.2, 0) is 6.54 Å². The van der Waals surface area contributed by atoms with Crippen LogP contribution >= 0.6 is 12.2 Å². The first-order valence-corrected chi connectivity index (χ1v) is 7.93. The summed E-state index contributed by atoms with van der Waals surface area (Å²) in [5, 5.41) is 3.46. The number of thiocarbonyl (C=S) groups is 1. The molecule has 0 fully saturated rings. The van der Waals surface area contributed by atoms with Crippen LogP contribution < -0.4 is 10.2 Å². The molecule has 1 aromatic heterocycles. The van der Waals surface area contributed by atoms with Crippen LogP contribution in [0.5, 0.6) is 0 Å². The molecule has 0 amide bonds. The Hall–Kier alpha value is -2.47. The van der Waals surface area contributed by atoms with Gasteiger partial charge in [0.1, 0.15) is 5.82 Å². The number of para-hydroxylation sites is 3. The number of hydrogen-bond donors (Lipinski definition) is 1. The van der Waals surface area contributed by atoms with Gasteiger partial charge in [0, 0.05) is 13.1 Å². The molecule has 23 heavy (non-hydrogen) atoms. The van der Waals surface area contributed by atoms with Crippen LogP contribution in [0, 0.1) is 5.82 Å². The Labute approximate surface area is 138 Å². The maximum absolute atomic E-state index is 13.8. The molecule has 0 bridgehead atoms. The standard InChI is InChI=1S/C17H15FN4S/c18-12-6-1-2-7-13(12)20-17(23)22-11-5-10-21-15-9-4-3-8-14(15)19-16(21)22/h1-4,6-9H,5,10-11H2,(H,20,23). The van der Waals surface area contributed by atoms with Crippen LogP contribution in [0.15, 0.2) is 48.5 Å². The van der Waals surface area contributed by atoms with E-state index in [0.717, 1.165) is 36.5 Å². The first-order chi connectivity index (χ1) is 11.2. The zero-order valence-electron chi connectivity index (χ0n) is 12.4. The number of hydrogen-bond acceptors (Lipinski definition) is 2. The van der Waals surface area contributed by atoms with Crippen molar-refractivity contribution in [2.75, 3.05) is 16.8 Å². The number of fused-ring (bicyclic) bond motifs is 3. The molecule has 0 atom stereocenters. The quantitative estimate of drug-likeness (QED) is 0.690. The zero-order valence-corrected chi connectivity index (χ0v) is 13.2. The Morgan fingerprint density at radius 2 is 1.87 bits per heavy atom. The number of aromatic nitrogens is 2. The lowest BCUT2D eigenvalue weighted by molar-refractivity contribution is 0.611. The molecule has 0 saturated carbocycles. The average molecular weight is 326 g/mol. The highest BCUT2D eigenvalue weighted by atomic mass is 32.1. The molecule has 4 rings (SSSR count). The van der Waals surface area contributed by atoms with Gasteiger partial charge in [0.25, 0.3) is 0 Å². The molecule has 0 spiro atoms. The van der Waals surface area contributed by atoms with E-state index < -0.39 is 0 Å². The van der Waals surface area contributed by atoms with Crippen molar-refractivity contribution in [3.8, 4) is 0 Å². The van der Waals surface area contributed by atoms with E-state index in [9.17, 15) is 4.39 Å². The van der Waals surface area contributed by atoms with Crippen molar-refractivity contribution < 1.29 is 4.39 Å². The molecule has 0 unspecified atom stereocenters. The molecule has 0 radical (unpaired) electrons. The lowest BCUT2D eigenvalue weighted by atomic mass is 10.3. The number of aryl methyl sites for hydroxylation is 1. The molecule has 1 N–H and O–H groups in total. The molecule has 1 aliphatic rings. The maximum atomic E-state index is 13.8. The van der Waals surface area contributed by atoms with Crippen molar-refractivity contribution in [1.82, 2.24) is 9.55 Å². The predicted octanol–water partition coefficient (Wildman–Crippen LogP) is 3.78.